The molecule has 0 fully saturated rings. The smallest absolute Gasteiger partial charge is 0.350 e. The topological polar surface area (TPSA) is 80.6 Å². The third-order valence-corrected chi connectivity index (χ3v) is 2.30. The van der Waals surface area contributed by atoms with Crippen molar-refractivity contribution < 1.29 is 19.0 Å². The van der Waals surface area contributed by atoms with Crippen LogP contribution in [-0.2, 0) is 9.53 Å². The molecule has 6 heteroatoms. The van der Waals surface area contributed by atoms with E-state index in [-0.39, 0.29) is 5.57 Å². The number of carbonyl (C=O) groups excluding carboxylic acids is 1. The number of methoxy groups -OCH3 is 3. The highest BCUT2D eigenvalue weighted by molar-refractivity contribution is 5.93. The molecule has 0 atom stereocenters. The van der Waals surface area contributed by atoms with Crippen LogP contribution in [0.5, 0.6) is 11.5 Å². The van der Waals surface area contributed by atoms with Gasteiger partial charge in [0.1, 0.15) is 17.6 Å². The summed E-state index contributed by atoms with van der Waals surface area (Å²) in [6, 6.07) is 6.87. The van der Waals surface area contributed by atoms with Crippen molar-refractivity contribution >= 4 is 11.7 Å². The third kappa shape index (κ3) is 3.64. The summed E-state index contributed by atoms with van der Waals surface area (Å²) in [5, 5.41) is 11.6. The third-order valence-electron chi connectivity index (χ3n) is 2.30. The largest absolute Gasteiger partial charge is 0.497 e. The normalized spacial score (nSPS) is 10.3. The lowest BCUT2D eigenvalue weighted by Crippen LogP contribution is -2.05. The zero-order valence-corrected chi connectivity index (χ0v) is 10.9. The van der Waals surface area contributed by atoms with E-state index in [1.165, 1.54) is 27.5 Å². The Morgan fingerprint density at radius 1 is 1.32 bits per heavy atom. The van der Waals surface area contributed by atoms with Gasteiger partial charge in [-0.2, -0.15) is 5.26 Å². The second-order valence-corrected chi connectivity index (χ2v) is 3.37. The molecule has 0 aliphatic carbocycles. The number of hydrogen-bond donors (Lipinski definition) is 1. The molecular formula is C13H14N2O4. The van der Waals surface area contributed by atoms with Gasteiger partial charge in [0.05, 0.1) is 27.0 Å². The monoisotopic (exact) mass is 262 g/mol. The second-order valence-electron chi connectivity index (χ2n) is 3.37. The zero-order valence-electron chi connectivity index (χ0n) is 10.9. The Bertz CT molecular complexity index is 532. The lowest BCUT2D eigenvalue weighted by Gasteiger charge is -2.10. The van der Waals surface area contributed by atoms with Crippen LogP contribution in [0.1, 0.15) is 0 Å². The number of nitriles is 1. The van der Waals surface area contributed by atoms with Crippen molar-refractivity contribution in [1.29, 1.82) is 5.26 Å². The summed E-state index contributed by atoms with van der Waals surface area (Å²) >= 11 is 0. The van der Waals surface area contributed by atoms with Crippen molar-refractivity contribution in [3.8, 4) is 17.6 Å². The van der Waals surface area contributed by atoms with Crippen LogP contribution >= 0.6 is 0 Å². The van der Waals surface area contributed by atoms with Crippen molar-refractivity contribution in [3.63, 3.8) is 0 Å². The van der Waals surface area contributed by atoms with E-state index in [0.717, 1.165) is 0 Å². The number of hydrogen-bond acceptors (Lipinski definition) is 6. The molecule has 19 heavy (non-hydrogen) atoms. The van der Waals surface area contributed by atoms with Crippen molar-refractivity contribution in [1.82, 2.24) is 0 Å². The van der Waals surface area contributed by atoms with Gasteiger partial charge in [0, 0.05) is 12.3 Å². The molecule has 0 saturated heterocycles. The van der Waals surface area contributed by atoms with Gasteiger partial charge in [-0.25, -0.2) is 4.79 Å². The Kier molecular flexibility index (Phi) is 5.23. The fourth-order valence-corrected chi connectivity index (χ4v) is 1.32. The Morgan fingerprint density at radius 2 is 2.05 bits per heavy atom. The van der Waals surface area contributed by atoms with Crippen LogP contribution in [0.25, 0.3) is 0 Å². The van der Waals surface area contributed by atoms with E-state index < -0.39 is 5.97 Å². The molecule has 1 N–H and O–H groups in total. The van der Waals surface area contributed by atoms with Gasteiger partial charge in [-0.15, -0.1) is 0 Å². The first-order valence-corrected chi connectivity index (χ1v) is 5.33. The zero-order chi connectivity index (χ0) is 14.3. The molecule has 0 aliphatic rings. The van der Waals surface area contributed by atoms with Crippen molar-refractivity contribution in [2.45, 2.75) is 0 Å². The predicted molar refractivity (Wildman–Crippen MR) is 68.9 cm³/mol. The first-order chi connectivity index (χ1) is 9.15. The fourth-order valence-electron chi connectivity index (χ4n) is 1.32. The van der Waals surface area contributed by atoms with E-state index in [0.29, 0.717) is 17.2 Å². The number of ether oxygens (including phenoxy) is 3. The van der Waals surface area contributed by atoms with Gasteiger partial charge in [0.15, 0.2) is 5.57 Å². The molecule has 0 aromatic heterocycles. The Balaban J connectivity index is 3.01. The highest BCUT2D eigenvalue weighted by atomic mass is 16.5. The van der Waals surface area contributed by atoms with E-state index in [1.807, 2.05) is 0 Å². The molecule has 0 heterocycles. The number of carbonyl (C=O) groups is 1. The van der Waals surface area contributed by atoms with Crippen LogP contribution in [0.2, 0.25) is 0 Å². The minimum absolute atomic E-state index is 0.146. The average molecular weight is 262 g/mol. The number of rotatable bonds is 5. The number of benzene rings is 1. The maximum Gasteiger partial charge on any atom is 0.350 e. The molecule has 0 spiro atoms. The summed E-state index contributed by atoms with van der Waals surface area (Å²) in [5.41, 5.74) is 0.422. The number of esters is 1. The summed E-state index contributed by atoms with van der Waals surface area (Å²) in [4.78, 5) is 11.2. The maximum absolute atomic E-state index is 11.2. The van der Waals surface area contributed by atoms with E-state index in [9.17, 15) is 4.79 Å². The highest BCUT2D eigenvalue weighted by Gasteiger charge is 2.09. The number of nitrogens with zero attached hydrogens (tertiary/aromatic N) is 1. The number of nitrogens with one attached hydrogen (secondary N) is 1. The molecule has 100 valence electrons. The van der Waals surface area contributed by atoms with Crippen molar-refractivity contribution in [2.24, 2.45) is 0 Å². The van der Waals surface area contributed by atoms with Crippen molar-refractivity contribution in [3.05, 3.63) is 30.0 Å². The van der Waals surface area contributed by atoms with E-state index in [4.69, 9.17) is 14.7 Å². The molecule has 6 nitrogen and oxygen atoms in total. The van der Waals surface area contributed by atoms with Crippen LogP contribution in [0.4, 0.5) is 5.69 Å². The van der Waals surface area contributed by atoms with Gasteiger partial charge in [0.25, 0.3) is 0 Å². The molecule has 1 aromatic rings. The van der Waals surface area contributed by atoms with Crippen molar-refractivity contribution in [2.75, 3.05) is 26.6 Å². The molecule has 0 aliphatic heterocycles. The van der Waals surface area contributed by atoms with Crippen LogP contribution in [-0.4, -0.2) is 27.3 Å². The summed E-state index contributed by atoms with van der Waals surface area (Å²) in [6.07, 6.45) is 1.25. The highest BCUT2D eigenvalue weighted by Crippen LogP contribution is 2.28. The maximum atomic E-state index is 11.2. The Hall–Kier alpha value is -2.68. The van der Waals surface area contributed by atoms with Gasteiger partial charge in [-0.3, -0.25) is 0 Å². The van der Waals surface area contributed by atoms with E-state index >= 15 is 0 Å². The van der Waals surface area contributed by atoms with Crippen LogP contribution in [0, 0.1) is 11.3 Å². The van der Waals surface area contributed by atoms with Crippen LogP contribution in [0.3, 0.4) is 0 Å². The van der Waals surface area contributed by atoms with E-state index in [1.54, 1.807) is 24.3 Å². The average Bonchev–Trinajstić information content (AvgIpc) is 2.47. The molecule has 1 aromatic carbocycles. The van der Waals surface area contributed by atoms with Gasteiger partial charge in [-0.05, 0) is 12.1 Å². The molecule has 0 radical (unpaired) electrons. The lowest BCUT2D eigenvalue weighted by molar-refractivity contribution is -0.135. The lowest BCUT2D eigenvalue weighted by atomic mass is 10.2. The van der Waals surface area contributed by atoms with Gasteiger partial charge < -0.3 is 19.5 Å². The summed E-state index contributed by atoms with van der Waals surface area (Å²) in [6.45, 7) is 0. The molecule has 0 amide bonds. The Labute approximate surface area is 111 Å². The summed E-state index contributed by atoms with van der Waals surface area (Å²) < 4.78 is 14.7. The fraction of sp³-hybridized carbons (Fsp3) is 0.231. The molecular weight excluding hydrogens is 248 g/mol. The molecule has 1 rings (SSSR count). The molecule has 0 saturated carbocycles. The van der Waals surface area contributed by atoms with Crippen LogP contribution < -0.4 is 14.8 Å². The minimum Gasteiger partial charge on any atom is -0.497 e. The molecule has 0 bridgehead atoms. The second kappa shape index (κ2) is 6.91. The van der Waals surface area contributed by atoms with Crippen LogP contribution in [0.15, 0.2) is 30.0 Å². The SMILES string of the molecule is COC(=O)/C(C#N)=C/Nc1cc(OC)ccc1OC. The van der Waals surface area contributed by atoms with E-state index in [2.05, 4.69) is 10.1 Å². The Morgan fingerprint density at radius 3 is 2.58 bits per heavy atom. The summed E-state index contributed by atoms with van der Waals surface area (Å²) in [5.74, 6) is 0.462. The van der Waals surface area contributed by atoms with Gasteiger partial charge in [-0.1, -0.05) is 0 Å². The van der Waals surface area contributed by atoms with Gasteiger partial charge >= 0.3 is 5.97 Å². The first kappa shape index (κ1) is 14.4. The quantitative estimate of drug-likeness (QED) is 0.494. The predicted octanol–water partition coefficient (Wildman–Crippen LogP) is 1.70. The number of anilines is 1. The summed E-state index contributed by atoms with van der Waals surface area (Å²) in [7, 11) is 4.26. The minimum atomic E-state index is -0.711. The first-order valence-electron chi connectivity index (χ1n) is 5.33. The molecule has 0 unspecified atom stereocenters. The standard InChI is InChI=1S/C13H14N2O4/c1-17-10-4-5-12(18-2)11(6-10)15-8-9(7-14)13(16)19-3/h4-6,8,15H,1-3H3/b9-8+. The van der Waals surface area contributed by atoms with Gasteiger partial charge in [0.2, 0.25) is 0 Å².